The zero-order valence-electron chi connectivity index (χ0n) is 16.3. The van der Waals surface area contributed by atoms with Crippen molar-refractivity contribution in [1.82, 2.24) is 9.13 Å². The highest BCUT2D eigenvalue weighted by Gasteiger charge is 2.59. The van der Waals surface area contributed by atoms with E-state index < -0.39 is 12.1 Å². The average molecular weight is 388 g/mol. The lowest BCUT2D eigenvalue weighted by atomic mass is 9.99. The minimum Gasteiger partial charge on any atom is -0.457 e. The molecule has 2 aliphatic rings. The number of likely N-dealkylation sites (N-methyl/N-ethyl adjacent to an activating group) is 1. The Hall–Kier alpha value is -2.58. The monoisotopic (exact) mass is 388 g/mol. The van der Waals surface area contributed by atoms with E-state index in [0.717, 1.165) is 0 Å². The molecule has 0 amide bonds. The smallest absolute Gasteiger partial charge is 0.355 e. The van der Waals surface area contributed by atoms with Gasteiger partial charge in [-0.15, -0.1) is 0 Å². The van der Waals surface area contributed by atoms with Crippen LogP contribution in [0.15, 0.2) is 36.7 Å². The second-order valence-electron chi connectivity index (χ2n) is 8.00. The molecule has 1 N–H and O–H groups in total. The fraction of sp³-hybridized carbons (Fsp3) is 0.500. The molecule has 150 valence electrons. The Morgan fingerprint density at radius 2 is 1.57 bits per heavy atom. The molecule has 2 aromatic heterocycles. The number of nitrogens with zero attached hydrogens (tertiary/aromatic N) is 3. The third kappa shape index (κ3) is 3.12. The minimum atomic E-state index is -0.416. The Labute approximate surface area is 163 Å². The van der Waals surface area contributed by atoms with Crippen LogP contribution < -0.4 is 0 Å². The Morgan fingerprint density at radius 1 is 1.00 bits per heavy atom. The van der Waals surface area contributed by atoms with Crippen LogP contribution in [0.1, 0.15) is 40.2 Å². The van der Waals surface area contributed by atoms with Gasteiger partial charge in [-0.05, 0) is 24.3 Å². The number of aromatic nitrogens is 2. The highest BCUT2D eigenvalue weighted by Crippen LogP contribution is 2.42. The van der Waals surface area contributed by atoms with Crippen LogP contribution in [0.4, 0.5) is 0 Å². The van der Waals surface area contributed by atoms with E-state index in [1.165, 1.54) is 0 Å². The lowest BCUT2D eigenvalue weighted by Crippen LogP contribution is -2.58. The van der Waals surface area contributed by atoms with E-state index in [1.54, 1.807) is 66.9 Å². The molecule has 0 saturated carbocycles. The van der Waals surface area contributed by atoms with Gasteiger partial charge in [0.25, 0.3) is 0 Å². The van der Waals surface area contributed by atoms with Gasteiger partial charge in [0.2, 0.25) is 0 Å². The summed E-state index contributed by atoms with van der Waals surface area (Å²) in [5.41, 5.74) is 0.964. The number of rotatable bonds is 4. The number of hydroxylamine groups is 3. The first-order chi connectivity index (χ1) is 13.3. The topological polar surface area (TPSA) is 82.7 Å². The molecule has 2 fully saturated rings. The van der Waals surface area contributed by atoms with E-state index in [1.807, 2.05) is 0 Å². The number of ether oxygens (including phenoxy) is 2. The summed E-state index contributed by atoms with van der Waals surface area (Å²) in [6.07, 6.45) is 4.39. The number of carbonyl (C=O) groups excluding carboxylic acids is 2. The van der Waals surface area contributed by atoms with Crippen LogP contribution in [0.5, 0.6) is 0 Å². The highest BCUT2D eigenvalue weighted by molar-refractivity contribution is 5.88. The van der Waals surface area contributed by atoms with Crippen molar-refractivity contribution >= 4 is 11.9 Å². The van der Waals surface area contributed by atoms with Gasteiger partial charge in [0.1, 0.15) is 23.5 Å². The van der Waals surface area contributed by atoms with Crippen LogP contribution in [0.25, 0.3) is 0 Å². The highest BCUT2D eigenvalue weighted by atomic mass is 16.6. The molecular weight excluding hydrogens is 362 g/mol. The number of piperidine rings is 1. The van der Waals surface area contributed by atoms with Gasteiger partial charge in [0.05, 0.1) is 7.05 Å². The van der Waals surface area contributed by atoms with Crippen LogP contribution in [0.2, 0.25) is 0 Å². The maximum Gasteiger partial charge on any atom is 0.355 e. The molecule has 4 rings (SSSR count). The molecule has 0 radical (unpaired) electrons. The number of aryl methyl sites for hydroxylation is 2. The predicted octanol–water partition coefficient (Wildman–Crippen LogP) is 1.89. The molecule has 8 heteroatoms. The summed E-state index contributed by atoms with van der Waals surface area (Å²) in [5.74, 6) is -0.772. The van der Waals surface area contributed by atoms with Crippen molar-refractivity contribution in [2.75, 3.05) is 7.05 Å². The summed E-state index contributed by atoms with van der Waals surface area (Å²) in [6, 6.07) is 6.54. The molecule has 1 unspecified atom stereocenters. The van der Waals surface area contributed by atoms with E-state index in [2.05, 4.69) is 0 Å². The van der Waals surface area contributed by atoms with E-state index in [9.17, 15) is 14.8 Å². The lowest BCUT2D eigenvalue weighted by molar-refractivity contribution is -1.12. The Balaban J connectivity index is 1.46. The van der Waals surface area contributed by atoms with Gasteiger partial charge in [-0.3, -0.25) is 0 Å². The van der Waals surface area contributed by atoms with E-state index in [0.29, 0.717) is 30.7 Å². The van der Waals surface area contributed by atoms with Crippen LogP contribution >= 0.6 is 0 Å². The molecule has 2 bridgehead atoms. The number of hydrogen-bond acceptors (Lipinski definition) is 5. The van der Waals surface area contributed by atoms with Gasteiger partial charge in [-0.1, -0.05) is 0 Å². The van der Waals surface area contributed by atoms with Gasteiger partial charge in [0.15, 0.2) is 12.1 Å². The Kier molecular flexibility index (Phi) is 4.55. The maximum absolute atomic E-state index is 12.5. The van der Waals surface area contributed by atoms with E-state index >= 15 is 0 Å². The van der Waals surface area contributed by atoms with Gasteiger partial charge in [0, 0.05) is 45.8 Å². The maximum atomic E-state index is 12.5. The van der Waals surface area contributed by atoms with Crippen molar-refractivity contribution in [2.45, 2.75) is 43.6 Å². The zero-order valence-corrected chi connectivity index (χ0v) is 16.3. The molecule has 5 atom stereocenters. The van der Waals surface area contributed by atoms with Crippen molar-refractivity contribution < 1.29 is 28.9 Å². The second kappa shape index (κ2) is 6.79. The summed E-state index contributed by atoms with van der Waals surface area (Å²) in [6.45, 7) is 0. The molecule has 8 nitrogen and oxygen atoms in total. The molecule has 2 aliphatic heterocycles. The van der Waals surface area contributed by atoms with Crippen molar-refractivity contribution in [3.05, 3.63) is 48.0 Å². The average Bonchev–Trinajstić information content (AvgIpc) is 3.26. The number of quaternary nitrogens is 1. The SMILES string of the molecule is Cn1cccc1C(=O)O[C@@H]1C[C@@H]2C[C@@H](OC(=O)c3cccn3C)[C@H](C1)[N+]2(C)O. The normalized spacial score (nSPS) is 31.6. The summed E-state index contributed by atoms with van der Waals surface area (Å²) in [7, 11) is 5.32. The third-order valence-corrected chi connectivity index (χ3v) is 6.22. The van der Waals surface area contributed by atoms with Crippen molar-refractivity contribution in [1.29, 1.82) is 0 Å². The quantitative estimate of drug-likeness (QED) is 0.639. The molecule has 28 heavy (non-hydrogen) atoms. The first kappa shape index (κ1) is 18.8. The molecule has 0 spiro atoms. The number of hydrogen-bond donors (Lipinski definition) is 1. The first-order valence-corrected chi connectivity index (χ1v) is 9.50. The lowest BCUT2D eigenvalue weighted by Gasteiger charge is -2.40. The van der Waals surface area contributed by atoms with Gasteiger partial charge in [-0.25, -0.2) is 14.8 Å². The largest absolute Gasteiger partial charge is 0.457 e. The van der Waals surface area contributed by atoms with Crippen LogP contribution in [0.3, 0.4) is 0 Å². The van der Waals surface area contributed by atoms with E-state index in [-0.39, 0.29) is 28.8 Å². The van der Waals surface area contributed by atoms with Gasteiger partial charge < -0.3 is 18.6 Å². The van der Waals surface area contributed by atoms with Gasteiger partial charge >= 0.3 is 11.9 Å². The minimum absolute atomic E-state index is 0.142. The Morgan fingerprint density at radius 3 is 2.11 bits per heavy atom. The molecule has 2 saturated heterocycles. The Bertz CT molecular complexity index is 897. The molecular formula is C20H26N3O5+. The fourth-order valence-corrected chi connectivity index (χ4v) is 4.57. The fourth-order valence-electron chi connectivity index (χ4n) is 4.57. The van der Waals surface area contributed by atoms with Crippen LogP contribution in [-0.2, 0) is 23.6 Å². The van der Waals surface area contributed by atoms with Crippen molar-refractivity contribution in [2.24, 2.45) is 14.1 Å². The first-order valence-electron chi connectivity index (χ1n) is 9.50. The summed E-state index contributed by atoms with van der Waals surface area (Å²) >= 11 is 0. The zero-order chi connectivity index (χ0) is 20.1. The third-order valence-electron chi connectivity index (χ3n) is 6.22. The standard InChI is InChI=1S/C20H26N3O5/c1-21-8-4-6-15(21)19(24)27-14-10-13-11-18(17(12-14)23(13,3)26)28-20(25)16-7-5-9-22(16)2/h4-9,13-14,17-18,26H,10-12H2,1-3H3/q+1/t13-,14-,17+,18-,23?/m1/s1. The van der Waals surface area contributed by atoms with Crippen molar-refractivity contribution in [3.8, 4) is 0 Å². The van der Waals surface area contributed by atoms with E-state index in [4.69, 9.17) is 9.47 Å². The van der Waals surface area contributed by atoms with Gasteiger partial charge in [-0.2, -0.15) is 4.65 Å². The molecule has 0 aromatic carbocycles. The summed E-state index contributed by atoms with van der Waals surface area (Å²) < 4.78 is 14.7. The predicted molar refractivity (Wildman–Crippen MR) is 98.6 cm³/mol. The molecule has 4 heterocycles. The number of fused-ring (bicyclic) bond motifs is 2. The van der Waals surface area contributed by atoms with Crippen LogP contribution in [-0.4, -0.2) is 62.3 Å². The molecule has 0 aliphatic carbocycles. The number of carbonyl (C=O) groups is 2. The van der Waals surface area contributed by atoms with Crippen LogP contribution in [0, 0.1) is 0 Å². The van der Waals surface area contributed by atoms with Crippen molar-refractivity contribution in [3.63, 3.8) is 0 Å². The molecule has 2 aromatic rings. The second-order valence-corrected chi connectivity index (χ2v) is 8.00. The summed E-state index contributed by atoms with van der Waals surface area (Å²) in [4.78, 5) is 25.0. The summed E-state index contributed by atoms with van der Waals surface area (Å²) in [5, 5.41) is 10.9. The number of esters is 2.